The van der Waals surface area contributed by atoms with Gasteiger partial charge in [-0.15, -0.1) is 10.2 Å². The van der Waals surface area contributed by atoms with E-state index in [0.29, 0.717) is 28.9 Å². The number of benzene rings is 2. The van der Waals surface area contributed by atoms with Crippen molar-refractivity contribution in [3.05, 3.63) is 42.0 Å². The number of ether oxygens (including phenoxy) is 3. The monoisotopic (exact) mass is 499 g/mol. The summed E-state index contributed by atoms with van der Waals surface area (Å²) >= 11 is 1.34. The summed E-state index contributed by atoms with van der Waals surface area (Å²) in [5.74, 6) is 2.47. The number of hydrogen-bond acceptors (Lipinski definition) is 8. The number of hydrogen-bond donors (Lipinski definition) is 1. The number of nitrogens with zero attached hydrogens (tertiary/aromatic N) is 4. The van der Waals surface area contributed by atoms with Crippen molar-refractivity contribution >= 4 is 23.4 Å². The van der Waals surface area contributed by atoms with E-state index < -0.39 is 0 Å². The second-order valence-corrected chi connectivity index (χ2v) is 8.63. The lowest BCUT2D eigenvalue weighted by Crippen LogP contribution is -2.24. The van der Waals surface area contributed by atoms with Crippen molar-refractivity contribution in [3.63, 3.8) is 0 Å². The highest BCUT2D eigenvalue weighted by Gasteiger charge is 2.15. The van der Waals surface area contributed by atoms with Crippen LogP contribution in [0.4, 0.5) is 5.69 Å². The average molecular weight is 500 g/mol. The van der Waals surface area contributed by atoms with E-state index in [9.17, 15) is 4.79 Å². The molecule has 2 aromatic carbocycles. The van der Waals surface area contributed by atoms with Crippen molar-refractivity contribution in [1.82, 2.24) is 20.1 Å². The maximum absolute atomic E-state index is 12.5. The molecule has 0 saturated carbocycles. The zero-order valence-electron chi connectivity index (χ0n) is 21.1. The van der Waals surface area contributed by atoms with Crippen molar-refractivity contribution in [3.8, 4) is 28.6 Å². The number of amides is 1. The van der Waals surface area contributed by atoms with Gasteiger partial charge in [0.25, 0.3) is 0 Å². The molecule has 188 valence electrons. The first-order valence-corrected chi connectivity index (χ1v) is 12.4. The number of nitrogens with one attached hydrogen (secondary N) is 1. The smallest absolute Gasteiger partial charge is 0.230 e. The molecule has 0 atom stereocenters. The summed E-state index contributed by atoms with van der Waals surface area (Å²) in [5, 5.41) is 12.2. The summed E-state index contributed by atoms with van der Waals surface area (Å²) in [6.07, 6.45) is 0. The first-order chi connectivity index (χ1) is 16.9. The Hall–Kier alpha value is -3.40. The van der Waals surface area contributed by atoms with Crippen LogP contribution in [0.5, 0.6) is 17.2 Å². The van der Waals surface area contributed by atoms with Crippen LogP contribution in [-0.4, -0.2) is 60.8 Å². The largest absolute Gasteiger partial charge is 0.493 e. The van der Waals surface area contributed by atoms with Crippen LogP contribution in [-0.2, 0) is 18.4 Å². The zero-order chi connectivity index (χ0) is 25.4. The van der Waals surface area contributed by atoms with Crippen LogP contribution in [0.2, 0.25) is 0 Å². The highest BCUT2D eigenvalue weighted by atomic mass is 32.2. The number of methoxy groups -OCH3 is 3. The van der Waals surface area contributed by atoms with Gasteiger partial charge >= 0.3 is 0 Å². The molecule has 1 N–H and O–H groups in total. The summed E-state index contributed by atoms with van der Waals surface area (Å²) < 4.78 is 18.0. The number of thioether (sulfide) groups is 1. The SMILES string of the molecule is CCN(CC)c1ccc(-c2nnc(SCC(=O)NCc3cc(OC)c(OC)c(OC)c3)n2C)cc1. The quantitative estimate of drug-likeness (QED) is 0.377. The molecule has 0 unspecified atom stereocenters. The Kier molecular flexibility index (Phi) is 9.25. The molecule has 0 saturated heterocycles. The van der Waals surface area contributed by atoms with Gasteiger partial charge in [-0.2, -0.15) is 0 Å². The molecule has 3 rings (SSSR count). The Morgan fingerprint density at radius 3 is 2.17 bits per heavy atom. The molecule has 3 aromatic rings. The predicted molar refractivity (Wildman–Crippen MR) is 139 cm³/mol. The second kappa shape index (κ2) is 12.3. The van der Waals surface area contributed by atoms with Gasteiger partial charge in [0.2, 0.25) is 11.7 Å². The summed E-state index contributed by atoms with van der Waals surface area (Å²) in [6, 6.07) is 11.9. The van der Waals surface area contributed by atoms with E-state index in [1.807, 2.05) is 23.7 Å². The average Bonchev–Trinajstić information content (AvgIpc) is 3.26. The van der Waals surface area contributed by atoms with Gasteiger partial charge in [0.05, 0.1) is 27.1 Å². The Bertz CT molecular complexity index is 1100. The van der Waals surface area contributed by atoms with Gasteiger partial charge in [-0.05, 0) is 55.8 Å². The van der Waals surface area contributed by atoms with Gasteiger partial charge in [0.15, 0.2) is 22.5 Å². The fraction of sp³-hybridized carbons (Fsp3) is 0.400. The minimum atomic E-state index is -0.114. The minimum Gasteiger partial charge on any atom is -0.493 e. The van der Waals surface area contributed by atoms with E-state index in [4.69, 9.17) is 14.2 Å². The molecule has 1 amide bonds. The van der Waals surface area contributed by atoms with Gasteiger partial charge in [-0.1, -0.05) is 11.8 Å². The Labute approximate surface area is 210 Å². The number of carbonyl (C=O) groups is 1. The molecule has 35 heavy (non-hydrogen) atoms. The third kappa shape index (κ3) is 6.19. The summed E-state index contributed by atoms with van der Waals surface area (Å²) in [7, 11) is 6.58. The molecule has 0 fully saturated rings. The van der Waals surface area contributed by atoms with Gasteiger partial charge in [-0.3, -0.25) is 4.79 Å². The Morgan fingerprint density at radius 2 is 1.63 bits per heavy atom. The molecule has 0 bridgehead atoms. The first kappa shape index (κ1) is 26.2. The normalized spacial score (nSPS) is 10.7. The van der Waals surface area contributed by atoms with Crippen LogP contribution in [0.25, 0.3) is 11.4 Å². The Morgan fingerprint density at radius 1 is 1.00 bits per heavy atom. The van der Waals surface area contributed by atoms with Crippen LogP contribution in [0.1, 0.15) is 19.4 Å². The molecule has 1 heterocycles. The summed E-state index contributed by atoms with van der Waals surface area (Å²) in [6.45, 7) is 6.54. The molecule has 0 aliphatic heterocycles. The lowest BCUT2D eigenvalue weighted by Gasteiger charge is -2.21. The standard InChI is InChI=1S/C25H33N5O4S/c1-7-30(8-2)19-11-9-18(10-12-19)24-27-28-25(29(24)3)35-16-22(31)26-15-17-13-20(32-4)23(34-6)21(14-17)33-5/h9-14H,7-8,15-16H2,1-6H3,(H,26,31). The molecule has 0 spiro atoms. The summed E-state index contributed by atoms with van der Waals surface area (Å²) in [4.78, 5) is 14.8. The van der Waals surface area contributed by atoms with E-state index >= 15 is 0 Å². The molecule has 0 aliphatic carbocycles. The number of anilines is 1. The molecule has 9 nitrogen and oxygen atoms in total. The zero-order valence-corrected chi connectivity index (χ0v) is 21.9. The van der Waals surface area contributed by atoms with E-state index in [1.165, 1.54) is 17.4 Å². The third-order valence-electron chi connectivity index (χ3n) is 5.64. The van der Waals surface area contributed by atoms with Crippen LogP contribution in [0.3, 0.4) is 0 Å². The molecule has 0 radical (unpaired) electrons. The van der Waals surface area contributed by atoms with Gasteiger partial charge < -0.3 is 29.0 Å². The maximum atomic E-state index is 12.5. The Balaban J connectivity index is 1.60. The van der Waals surface area contributed by atoms with E-state index in [2.05, 4.69) is 58.5 Å². The fourth-order valence-electron chi connectivity index (χ4n) is 3.72. The molecule has 1 aromatic heterocycles. The van der Waals surface area contributed by atoms with Crippen molar-refractivity contribution in [1.29, 1.82) is 0 Å². The molecular formula is C25H33N5O4S. The topological polar surface area (TPSA) is 90.7 Å². The number of rotatable bonds is 12. The van der Waals surface area contributed by atoms with E-state index in [1.54, 1.807) is 21.3 Å². The highest BCUT2D eigenvalue weighted by Crippen LogP contribution is 2.38. The van der Waals surface area contributed by atoms with Gasteiger partial charge in [0.1, 0.15) is 0 Å². The van der Waals surface area contributed by atoms with Crippen molar-refractivity contribution in [2.75, 3.05) is 45.1 Å². The lowest BCUT2D eigenvalue weighted by molar-refractivity contribution is -0.118. The van der Waals surface area contributed by atoms with E-state index in [0.717, 1.165) is 30.0 Å². The minimum absolute atomic E-state index is 0.114. The molecule has 10 heteroatoms. The van der Waals surface area contributed by atoms with Crippen molar-refractivity contribution in [2.24, 2.45) is 7.05 Å². The van der Waals surface area contributed by atoms with Gasteiger partial charge in [0, 0.05) is 37.9 Å². The number of aromatic nitrogens is 3. The van der Waals surface area contributed by atoms with Crippen LogP contribution in [0.15, 0.2) is 41.6 Å². The number of carbonyl (C=O) groups excluding carboxylic acids is 1. The third-order valence-corrected chi connectivity index (χ3v) is 6.66. The van der Waals surface area contributed by atoms with Gasteiger partial charge in [-0.25, -0.2) is 0 Å². The fourth-order valence-corrected chi connectivity index (χ4v) is 4.46. The first-order valence-electron chi connectivity index (χ1n) is 11.4. The maximum Gasteiger partial charge on any atom is 0.230 e. The lowest BCUT2D eigenvalue weighted by atomic mass is 10.2. The van der Waals surface area contributed by atoms with E-state index in [-0.39, 0.29) is 11.7 Å². The molecule has 0 aliphatic rings. The van der Waals surface area contributed by atoms with Crippen LogP contribution in [0, 0.1) is 0 Å². The molecular weight excluding hydrogens is 466 g/mol. The highest BCUT2D eigenvalue weighted by molar-refractivity contribution is 7.99. The second-order valence-electron chi connectivity index (χ2n) is 7.68. The summed E-state index contributed by atoms with van der Waals surface area (Å²) in [5.41, 5.74) is 3.00. The van der Waals surface area contributed by atoms with Crippen LogP contribution < -0.4 is 24.4 Å². The van der Waals surface area contributed by atoms with Crippen molar-refractivity contribution in [2.45, 2.75) is 25.5 Å². The van der Waals surface area contributed by atoms with Crippen molar-refractivity contribution < 1.29 is 19.0 Å². The van der Waals surface area contributed by atoms with Crippen LogP contribution >= 0.6 is 11.8 Å². The predicted octanol–water partition coefficient (Wildman–Crippen LogP) is 3.76.